The fourth-order valence-corrected chi connectivity index (χ4v) is 5.25. The van der Waals surface area contributed by atoms with Crippen molar-refractivity contribution in [3.8, 4) is 17.2 Å². The van der Waals surface area contributed by atoms with E-state index in [1.807, 2.05) is 37.2 Å². The number of fused-ring (bicyclic) bond motifs is 1. The van der Waals surface area contributed by atoms with Gasteiger partial charge in [-0.05, 0) is 31.5 Å². The van der Waals surface area contributed by atoms with Gasteiger partial charge in [0.05, 0.1) is 13.7 Å². The van der Waals surface area contributed by atoms with Crippen LogP contribution in [0.4, 0.5) is 5.69 Å². The highest BCUT2D eigenvalue weighted by atomic mass is 35.5. The maximum absolute atomic E-state index is 13.3. The van der Waals surface area contributed by atoms with Crippen molar-refractivity contribution in [2.24, 2.45) is 5.92 Å². The molecule has 0 amide bonds. The van der Waals surface area contributed by atoms with E-state index in [4.69, 9.17) is 13.7 Å². The summed E-state index contributed by atoms with van der Waals surface area (Å²) in [6.45, 7) is 2.50. The summed E-state index contributed by atoms with van der Waals surface area (Å²) in [5.74, 6) is 1.54. The third-order valence-electron chi connectivity index (χ3n) is 5.79. The Labute approximate surface area is 207 Å². The van der Waals surface area contributed by atoms with Gasteiger partial charge in [-0.25, -0.2) is 0 Å². The van der Waals surface area contributed by atoms with Crippen LogP contribution in [-0.4, -0.2) is 49.3 Å². The Hall–Kier alpha value is -2.68. The van der Waals surface area contributed by atoms with Crippen LogP contribution in [0.25, 0.3) is 10.8 Å². The molecule has 1 fully saturated rings. The van der Waals surface area contributed by atoms with Gasteiger partial charge >= 0.3 is 10.1 Å². The Kier molecular flexibility index (Phi) is 8.52. The number of nitrogens with zero attached hydrogens (tertiary/aromatic N) is 1. The molecule has 1 aliphatic heterocycles. The average molecular weight is 507 g/mol. The third-order valence-corrected chi connectivity index (χ3v) is 7.10. The molecule has 7 nitrogen and oxygen atoms in total. The molecule has 0 saturated carbocycles. The summed E-state index contributed by atoms with van der Waals surface area (Å²) < 4.78 is 43.4. The third kappa shape index (κ3) is 5.87. The molecule has 3 aromatic rings. The van der Waals surface area contributed by atoms with E-state index in [9.17, 15) is 8.42 Å². The van der Waals surface area contributed by atoms with Crippen LogP contribution in [0, 0.1) is 5.92 Å². The van der Waals surface area contributed by atoms with Crippen molar-refractivity contribution in [1.29, 1.82) is 0 Å². The minimum Gasteiger partial charge on any atom is -0.496 e. The molecule has 0 spiro atoms. The van der Waals surface area contributed by atoms with E-state index >= 15 is 0 Å². The second-order valence-electron chi connectivity index (χ2n) is 8.43. The zero-order valence-corrected chi connectivity index (χ0v) is 21.2. The molecule has 0 bridgehead atoms. The van der Waals surface area contributed by atoms with Crippen molar-refractivity contribution in [1.82, 2.24) is 5.32 Å². The molecule has 184 valence electrons. The number of rotatable bonds is 8. The molecule has 34 heavy (non-hydrogen) atoms. The van der Waals surface area contributed by atoms with Crippen molar-refractivity contribution in [2.45, 2.75) is 17.7 Å². The van der Waals surface area contributed by atoms with Gasteiger partial charge < -0.3 is 23.9 Å². The molecule has 0 radical (unpaired) electrons. The normalized spacial score (nSPS) is 15.9. The fraction of sp³-hybridized carbons (Fsp3) is 0.360. The first-order valence-electron chi connectivity index (χ1n) is 11.0. The van der Waals surface area contributed by atoms with Crippen LogP contribution in [0.2, 0.25) is 0 Å². The van der Waals surface area contributed by atoms with E-state index < -0.39 is 10.1 Å². The van der Waals surface area contributed by atoms with E-state index in [1.54, 1.807) is 36.4 Å². The second kappa shape index (κ2) is 11.2. The minimum atomic E-state index is -4.10. The lowest BCUT2D eigenvalue weighted by Gasteiger charge is -2.23. The zero-order valence-electron chi connectivity index (χ0n) is 19.6. The van der Waals surface area contributed by atoms with Crippen LogP contribution in [0.5, 0.6) is 17.2 Å². The Bertz CT molecular complexity index is 1230. The molecule has 1 saturated heterocycles. The first-order valence-corrected chi connectivity index (χ1v) is 12.4. The Morgan fingerprint density at radius 2 is 1.71 bits per heavy atom. The summed E-state index contributed by atoms with van der Waals surface area (Å²) in [6, 6.07) is 15.6. The molecular weight excluding hydrogens is 476 g/mol. The highest BCUT2D eigenvalue weighted by Gasteiger charge is 2.22. The first-order chi connectivity index (χ1) is 15.9. The van der Waals surface area contributed by atoms with E-state index in [1.165, 1.54) is 7.11 Å². The monoisotopic (exact) mass is 506 g/mol. The lowest BCUT2D eigenvalue weighted by Crippen LogP contribution is -2.33. The first kappa shape index (κ1) is 25.9. The topological polar surface area (TPSA) is 77.1 Å². The number of ether oxygens (including phenoxy) is 2. The quantitative estimate of drug-likeness (QED) is 0.451. The molecule has 9 heteroatoms. The number of benzene rings is 3. The standard InChI is InChI=1S/C25H30N2O5S.ClH/c1-27(2)24-10-4-9-23-22(24)8-5-11-25(23)33(28,29)32-21-14-19(30-3)13-20(15-21)31-17-18-7-6-12-26-16-18;/h4-5,8-11,13-15,18,26H,6-7,12,16-17H2,1-3H3;1H. The number of piperidine rings is 1. The SMILES string of the molecule is COc1cc(OCC2CCCNC2)cc(OS(=O)(=O)c2cccc3c(N(C)C)cccc23)c1.Cl. The van der Waals surface area contributed by atoms with Crippen molar-refractivity contribution in [3.63, 3.8) is 0 Å². The Balaban J connectivity index is 0.00000324. The average Bonchev–Trinajstić information content (AvgIpc) is 2.82. The second-order valence-corrected chi connectivity index (χ2v) is 9.94. The van der Waals surface area contributed by atoms with Gasteiger partial charge in [0.25, 0.3) is 0 Å². The van der Waals surface area contributed by atoms with Crippen LogP contribution in [0.1, 0.15) is 12.8 Å². The van der Waals surface area contributed by atoms with Crippen molar-refractivity contribution in [3.05, 3.63) is 54.6 Å². The largest absolute Gasteiger partial charge is 0.496 e. The molecule has 4 rings (SSSR count). The highest BCUT2D eigenvalue weighted by molar-refractivity contribution is 7.87. The maximum Gasteiger partial charge on any atom is 0.339 e. The molecule has 3 aromatic carbocycles. The number of hydrogen-bond acceptors (Lipinski definition) is 7. The van der Waals surface area contributed by atoms with Gasteiger partial charge in [0.1, 0.15) is 22.1 Å². The zero-order chi connectivity index (χ0) is 23.4. The summed E-state index contributed by atoms with van der Waals surface area (Å²) in [7, 11) is 1.27. The van der Waals surface area contributed by atoms with Crippen LogP contribution < -0.4 is 23.9 Å². The lowest BCUT2D eigenvalue weighted by molar-refractivity contribution is 0.217. The summed E-state index contributed by atoms with van der Waals surface area (Å²) in [5, 5.41) is 4.81. The van der Waals surface area contributed by atoms with Gasteiger partial charge in [-0.1, -0.05) is 24.3 Å². The smallest absolute Gasteiger partial charge is 0.339 e. The van der Waals surface area contributed by atoms with Crippen LogP contribution in [0.3, 0.4) is 0 Å². The summed E-state index contributed by atoms with van der Waals surface area (Å²) >= 11 is 0. The molecule has 1 aliphatic rings. The van der Waals surface area contributed by atoms with Gasteiger partial charge in [0.15, 0.2) is 0 Å². The van der Waals surface area contributed by atoms with Gasteiger partial charge in [0, 0.05) is 61.2 Å². The van der Waals surface area contributed by atoms with E-state index in [0.717, 1.165) is 37.0 Å². The van der Waals surface area contributed by atoms with Crippen molar-refractivity contribution < 1.29 is 22.1 Å². The number of halogens is 1. The number of hydrogen-bond donors (Lipinski definition) is 1. The summed E-state index contributed by atoms with van der Waals surface area (Å²) in [4.78, 5) is 2.06. The number of methoxy groups -OCH3 is 1. The molecule has 1 N–H and O–H groups in total. The molecule has 1 unspecified atom stereocenters. The van der Waals surface area contributed by atoms with E-state index in [-0.39, 0.29) is 23.1 Å². The Morgan fingerprint density at radius 1 is 1.00 bits per heavy atom. The molecule has 0 aliphatic carbocycles. The summed E-state index contributed by atoms with van der Waals surface area (Å²) in [5.41, 5.74) is 0.929. The summed E-state index contributed by atoms with van der Waals surface area (Å²) in [6.07, 6.45) is 2.23. The van der Waals surface area contributed by atoms with Crippen molar-refractivity contribution in [2.75, 3.05) is 45.8 Å². The number of anilines is 1. The molecule has 1 heterocycles. The van der Waals surface area contributed by atoms with Gasteiger partial charge in [-0.2, -0.15) is 8.42 Å². The predicted molar refractivity (Wildman–Crippen MR) is 137 cm³/mol. The van der Waals surface area contributed by atoms with E-state index in [2.05, 4.69) is 5.32 Å². The van der Waals surface area contributed by atoms with Gasteiger partial charge in [0.2, 0.25) is 0 Å². The van der Waals surface area contributed by atoms with E-state index in [0.29, 0.717) is 29.4 Å². The Morgan fingerprint density at radius 3 is 2.41 bits per heavy atom. The molecule has 0 aromatic heterocycles. The van der Waals surface area contributed by atoms with Gasteiger partial charge in [-0.3, -0.25) is 0 Å². The van der Waals surface area contributed by atoms with Crippen molar-refractivity contribution >= 4 is 39.0 Å². The molecular formula is C25H31ClN2O5S. The molecule has 1 atom stereocenters. The fourth-order valence-electron chi connectivity index (χ4n) is 4.12. The number of nitrogens with one attached hydrogen (secondary N) is 1. The lowest BCUT2D eigenvalue weighted by atomic mass is 10.0. The maximum atomic E-state index is 13.3. The minimum absolute atomic E-state index is 0. The highest BCUT2D eigenvalue weighted by Crippen LogP contribution is 2.34. The van der Waals surface area contributed by atoms with Crippen LogP contribution >= 0.6 is 12.4 Å². The van der Waals surface area contributed by atoms with Crippen LogP contribution in [0.15, 0.2) is 59.5 Å². The van der Waals surface area contributed by atoms with Gasteiger partial charge in [-0.15, -0.1) is 12.4 Å². The predicted octanol–water partition coefficient (Wildman–Crippen LogP) is 4.48. The van der Waals surface area contributed by atoms with Crippen LogP contribution in [-0.2, 0) is 10.1 Å².